The van der Waals surface area contributed by atoms with Gasteiger partial charge in [-0.05, 0) is 39.1 Å². The van der Waals surface area contributed by atoms with Crippen LogP contribution in [0.3, 0.4) is 0 Å². The van der Waals surface area contributed by atoms with E-state index in [0.717, 1.165) is 33.5 Å². The third-order valence-electron chi connectivity index (χ3n) is 6.35. The lowest BCUT2D eigenvalue weighted by Gasteiger charge is -2.23. The molecule has 1 aliphatic rings. The number of aryl methyl sites for hydroxylation is 2. The number of aliphatic hydroxyl groups is 1. The minimum absolute atomic E-state index is 0.171. The van der Waals surface area contributed by atoms with Crippen LogP contribution < -0.4 is 9.47 Å². The Balaban J connectivity index is 1.72. The first-order valence-corrected chi connectivity index (χ1v) is 12.1. The van der Waals surface area contributed by atoms with Crippen LogP contribution in [-0.2, 0) is 13.6 Å². The van der Waals surface area contributed by atoms with E-state index in [2.05, 4.69) is 36.9 Å². The lowest BCUT2D eigenvalue weighted by molar-refractivity contribution is 0.147. The summed E-state index contributed by atoms with van der Waals surface area (Å²) in [6, 6.07) is 3.96. The fourth-order valence-corrected chi connectivity index (χ4v) is 4.72. The van der Waals surface area contributed by atoms with Crippen molar-refractivity contribution in [3.8, 4) is 29.1 Å². The molecule has 2 N–H and O–H groups in total. The number of ether oxygens (including phenoxy) is 2. The molecule has 38 heavy (non-hydrogen) atoms. The molecule has 1 aliphatic heterocycles. The second kappa shape index (κ2) is 10.1. The highest BCUT2D eigenvalue weighted by atomic mass is 16.5. The molecular formula is C26H29N9O3. The summed E-state index contributed by atoms with van der Waals surface area (Å²) in [7, 11) is 3.83. The number of hydrogen-bond donors (Lipinski definition) is 2. The van der Waals surface area contributed by atoms with E-state index >= 15 is 0 Å². The highest BCUT2D eigenvalue weighted by Crippen LogP contribution is 2.35. The van der Waals surface area contributed by atoms with Crippen LogP contribution in [0, 0.1) is 18.3 Å². The number of nitriles is 1. The van der Waals surface area contributed by atoms with Gasteiger partial charge in [-0.15, -0.1) is 5.10 Å². The largest absolute Gasteiger partial charge is 0.473 e. The van der Waals surface area contributed by atoms with Crippen molar-refractivity contribution >= 4 is 28.8 Å². The van der Waals surface area contributed by atoms with Crippen LogP contribution in [0.15, 0.2) is 18.8 Å². The van der Waals surface area contributed by atoms with Gasteiger partial charge in [0.15, 0.2) is 6.61 Å². The predicted molar refractivity (Wildman–Crippen MR) is 142 cm³/mol. The van der Waals surface area contributed by atoms with Gasteiger partial charge in [-0.2, -0.15) is 15.5 Å². The smallest absolute Gasteiger partial charge is 0.241 e. The quantitative estimate of drug-likeness (QED) is 0.419. The maximum Gasteiger partial charge on any atom is 0.241 e. The van der Waals surface area contributed by atoms with Crippen LogP contribution in [0.4, 0.5) is 0 Å². The molecule has 196 valence electrons. The Morgan fingerprint density at radius 1 is 1.34 bits per heavy atom. The predicted octanol–water partition coefficient (Wildman–Crippen LogP) is 2.61. The van der Waals surface area contributed by atoms with E-state index in [4.69, 9.17) is 14.7 Å². The molecule has 0 radical (unpaired) electrons. The normalized spacial score (nSPS) is 16.7. The molecule has 12 heteroatoms. The van der Waals surface area contributed by atoms with Gasteiger partial charge in [0.25, 0.3) is 0 Å². The number of fused-ring (bicyclic) bond motifs is 4. The van der Waals surface area contributed by atoms with Crippen LogP contribution >= 0.6 is 0 Å². The first kappa shape index (κ1) is 25.2. The fourth-order valence-electron chi connectivity index (χ4n) is 4.72. The zero-order chi connectivity index (χ0) is 27.0. The van der Waals surface area contributed by atoms with Crippen molar-refractivity contribution in [3.05, 3.63) is 41.5 Å². The van der Waals surface area contributed by atoms with Crippen LogP contribution in [-0.4, -0.2) is 77.7 Å². The van der Waals surface area contributed by atoms with E-state index in [9.17, 15) is 5.11 Å². The SMILES string of the molecule is C=C(CO)n1nc(OCC#N)c2c1CN(C)C[C@H](C)Oc1c(c(C)nn1C)-c1cc3c(n[nH]c3cn1)/C=C/2. The third kappa shape index (κ3) is 4.53. The van der Waals surface area contributed by atoms with E-state index in [-0.39, 0.29) is 25.2 Å². The Labute approximate surface area is 219 Å². The summed E-state index contributed by atoms with van der Waals surface area (Å²) in [6.07, 6.45) is 5.28. The zero-order valence-electron chi connectivity index (χ0n) is 21.8. The zero-order valence-corrected chi connectivity index (χ0v) is 21.8. The Morgan fingerprint density at radius 3 is 2.92 bits per heavy atom. The van der Waals surface area contributed by atoms with Gasteiger partial charge in [-0.1, -0.05) is 6.58 Å². The van der Waals surface area contributed by atoms with E-state index in [1.165, 1.54) is 0 Å². The molecule has 4 aromatic rings. The van der Waals surface area contributed by atoms with Gasteiger partial charge in [0, 0.05) is 25.5 Å². The summed E-state index contributed by atoms with van der Waals surface area (Å²) < 4.78 is 15.4. The summed E-state index contributed by atoms with van der Waals surface area (Å²) in [5, 5.41) is 36.5. The molecule has 12 nitrogen and oxygen atoms in total. The number of aromatic nitrogens is 7. The van der Waals surface area contributed by atoms with E-state index in [1.807, 2.05) is 52.2 Å². The molecule has 0 fully saturated rings. The molecule has 0 saturated heterocycles. The molecule has 0 saturated carbocycles. The van der Waals surface area contributed by atoms with Crippen molar-refractivity contribution in [2.24, 2.45) is 7.05 Å². The van der Waals surface area contributed by atoms with Gasteiger partial charge in [0.05, 0.1) is 57.9 Å². The summed E-state index contributed by atoms with van der Waals surface area (Å²) in [5.74, 6) is 0.906. The molecule has 5 rings (SSSR count). The maximum atomic E-state index is 9.83. The van der Waals surface area contributed by atoms with Crippen molar-refractivity contribution in [2.45, 2.75) is 26.5 Å². The fraction of sp³-hybridized carbons (Fsp3) is 0.346. The van der Waals surface area contributed by atoms with E-state index in [0.29, 0.717) is 35.9 Å². The minimum Gasteiger partial charge on any atom is -0.473 e. The molecule has 0 unspecified atom stereocenters. The molecule has 0 amide bonds. The number of likely N-dealkylation sites (N-methyl/N-ethyl adjacent to an activating group) is 1. The summed E-state index contributed by atoms with van der Waals surface area (Å²) >= 11 is 0. The lowest BCUT2D eigenvalue weighted by Crippen LogP contribution is -2.32. The first-order valence-electron chi connectivity index (χ1n) is 12.1. The number of pyridine rings is 1. The molecule has 0 aromatic carbocycles. The molecule has 4 aromatic heterocycles. The highest BCUT2D eigenvalue weighted by molar-refractivity contribution is 5.92. The highest BCUT2D eigenvalue weighted by Gasteiger charge is 2.24. The van der Waals surface area contributed by atoms with Crippen LogP contribution in [0.25, 0.3) is 40.0 Å². The Hall–Kier alpha value is -4.47. The Bertz CT molecular complexity index is 1590. The molecule has 0 aliphatic carbocycles. The van der Waals surface area contributed by atoms with Gasteiger partial charge >= 0.3 is 0 Å². The number of nitrogens with one attached hydrogen (secondary N) is 1. The summed E-state index contributed by atoms with van der Waals surface area (Å²) in [6.45, 7) is 8.45. The van der Waals surface area contributed by atoms with Crippen molar-refractivity contribution in [1.82, 2.24) is 39.6 Å². The third-order valence-corrected chi connectivity index (χ3v) is 6.35. The minimum atomic E-state index is -0.291. The molecule has 2 bridgehead atoms. The average molecular weight is 516 g/mol. The van der Waals surface area contributed by atoms with Gasteiger partial charge in [0.1, 0.15) is 12.2 Å². The first-order chi connectivity index (χ1) is 18.3. The second-order valence-corrected chi connectivity index (χ2v) is 9.32. The van der Waals surface area contributed by atoms with Gasteiger partial charge in [-0.3, -0.25) is 15.0 Å². The Kier molecular flexibility index (Phi) is 6.71. The topological polar surface area (TPSA) is 143 Å². The van der Waals surface area contributed by atoms with Crippen LogP contribution in [0.1, 0.15) is 29.6 Å². The van der Waals surface area contributed by atoms with Crippen molar-refractivity contribution < 1.29 is 14.6 Å². The molecule has 0 spiro atoms. The van der Waals surface area contributed by atoms with Crippen molar-refractivity contribution in [1.29, 1.82) is 5.26 Å². The lowest BCUT2D eigenvalue weighted by atomic mass is 10.1. The van der Waals surface area contributed by atoms with Crippen LogP contribution in [0.2, 0.25) is 0 Å². The van der Waals surface area contributed by atoms with Crippen molar-refractivity contribution in [3.63, 3.8) is 0 Å². The number of H-pyrrole nitrogens is 1. The number of aromatic amines is 1. The summed E-state index contributed by atoms with van der Waals surface area (Å²) in [4.78, 5) is 6.75. The molecule has 1 atom stereocenters. The van der Waals surface area contributed by atoms with Crippen LogP contribution in [0.5, 0.6) is 11.8 Å². The number of rotatable bonds is 4. The average Bonchev–Trinajstić information content (AvgIpc) is 3.53. The second-order valence-electron chi connectivity index (χ2n) is 9.32. The van der Waals surface area contributed by atoms with Crippen molar-refractivity contribution in [2.75, 3.05) is 26.8 Å². The Morgan fingerprint density at radius 2 is 2.16 bits per heavy atom. The van der Waals surface area contributed by atoms with E-state index < -0.39 is 0 Å². The summed E-state index contributed by atoms with van der Waals surface area (Å²) in [5.41, 5.74) is 5.64. The number of nitrogens with zero attached hydrogens (tertiary/aromatic N) is 8. The van der Waals surface area contributed by atoms with E-state index in [1.54, 1.807) is 15.6 Å². The van der Waals surface area contributed by atoms with Gasteiger partial charge < -0.3 is 14.6 Å². The molecule has 5 heterocycles. The maximum absolute atomic E-state index is 9.83. The molecular weight excluding hydrogens is 486 g/mol. The van der Waals surface area contributed by atoms with Gasteiger partial charge in [0.2, 0.25) is 11.8 Å². The standard InChI is InChI=1S/C26H29N9O3/c1-15(14-36)35-23-13-33(4)12-16(2)38-26-24(17(3)31-34(26)5)21-10-19-20(29-30-22(19)11-28-21)7-6-18(23)25(32-35)37-9-8-27/h6-7,10-11,16,36H,1,9,12-14H2,2-5H3,(H,29,30)/b7-6+/t16-/m0/s1. The number of hydrogen-bond acceptors (Lipinski definition) is 9. The number of aliphatic hydroxyl groups excluding tert-OH is 1. The monoisotopic (exact) mass is 515 g/mol. The van der Waals surface area contributed by atoms with Gasteiger partial charge in [-0.25, -0.2) is 9.36 Å².